The number of halogens is 2. The Morgan fingerprint density at radius 1 is 1.30 bits per heavy atom. The molecule has 1 aromatic carbocycles. The lowest BCUT2D eigenvalue weighted by molar-refractivity contribution is 0.0289. The summed E-state index contributed by atoms with van der Waals surface area (Å²) in [6.45, 7) is 3.35. The summed E-state index contributed by atoms with van der Waals surface area (Å²) in [5.74, 6) is -2.10. The third kappa shape index (κ3) is 3.22. The number of nitrogens with zero attached hydrogens (tertiary/aromatic N) is 1. The van der Waals surface area contributed by atoms with E-state index in [9.17, 15) is 13.6 Å². The van der Waals surface area contributed by atoms with Gasteiger partial charge in [0.05, 0.1) is 12.1 Å². The van der Waals surface area contributed by atoms with Gasteiger partial charge in [0.2, 0.25) is 0 Å². The largest absolute Gasteiger partial charge is 0.381 e. The average Bonchev–Trinajstić information content (AvgIpc) is 2.48. The fourth-order valence-electron chi connectivity index (χ4n) is 2.56. The van der Waals surface area contributed by atoms with Gasteiger partial charge in [0.25, 0.3) is 0 Å². The third-order valence-corrected chi connectivity index (χ3v) is 3.94. The molecule has 1 fully saturated rings. The molecule has 1 aromatic rings. The van der Waals surface area contributed by atoms with Gasteiger partial charge in [0, 0.05) is 25.8 Å². The fourth-order valence-corrected chi connectivity index (χ4v) is 2.56. The number of piperidine rings is 1. The first-order valence-corrected chi connectivity index (χ1v) is 6.79. The first-order chi connectivity index (χ1) is 9.52. The van der Waals surface area contributed by atoms with Crippen LogP contribution in [0.15, 0.2) is 18.2 Å². The van der Waals surface area contributed by atoms with Crippen LogP contribution in [0.5, 0.6) is 0 Å². The van der Waals surface area contributed by atoms with E-state index in [2.05, 4.69) is 4.90 Å². The van der Waals surface area contributed by atoms with Crippen molar-refractivity contribution in [2.45, 2.75) is 31.9 Å². The molecule has 5 heteroatoms. The van der Waals surface area contributed by atoms with Gasteiger partial charge >= 0.3 is 0 Å². The summed E-state index contributed by atoms with van der Waals surface area (Å²) in [6, 6.07) is 2.96. The maximum atomic E-state index is 13.2. The van der Waals surface area contributed by atoms with Crippen LogP contribution in [0.2, 0.25) is 0 Å². The lowest BCUT2D eigenvalue weighted by Gasteiger charge is -2.34. The van der Waals surface area contributed by atoms with E-state index in [0.29, 0.717) is 0 Å². The summed E-state index contributed by atoms with van der Waals surface area (Å²) in [7, 11) is 1.69. The summed E-state index contributed by atoms with van der Waals surface area (Å²) in [5.41, 5.74) is 0.213. The molecular formula is C15H19F2NO2. The Balaban J connectivity index is 2.03. The van der Waals surface area contributed by atoms with E-state index in [1.165, 1.54) is 6.07 Å². The maximum Gasteiger partial charge on any atom is 0.179 e. The van der Waals surface area contributed by atoms with Gasteiger partial charge < -0.3 is 4.74 Å². The predicted molar refractivity (Wildman–Crippen MR) is 71.8 cm³/mol. The van der Waals surface area contributed by atoms with Crippen LogP contribution in [-0.4, -0.2) is 43.0 Å². The van der Waals surface area contributed by atoms with Crippen LogP contribution in [0, 0.1) is 11.6 Å². The molecule has 0 bridgehead atoms. The first-order valence-electron chi connectivity index (χ1n) is 6.79. The van der Waals surface area contributed by atoms with Crippen LogP contribution in [0.1, 0.15) is 30.1 Å². The number of benzene rings is 1. The number of ketones is 1. The molecule has 110 valence electrons. The molecule has 0 N–H and O–H groups in total. The molecule has 0 saturated carbocycles. The highest BCUT2D eigenvalue weighted by Gasteiger charge is 2.27. The van der Waals surface area contributed by atoms with Crippen LogP contribution in [0.3, 0.4) is 0 Å². The number of likely N-dealkylation sites (tertiary alicyclic amines) is 1. The molecule has 0 aliphatic carbocycles. The molecule has 0 spiro atoms. The smallest absolute Gasteiger partial charge is 0.179 e. The molecule has 1 atom stereocenters. The van der Waals surface area contributed by atoms with Gasteiger partial charge in [-0.15, -0.1) is 0 Å². The topological polar surface area (TPSA) is 29.5 Å². The van der Waals surface area contributed by atoms with Crippen molar-refractivity contribution in [1.29, 1.82) is 0 Å². The summed E-state index contributed by atoms with van der Waals surface area (Å²) in [4.78, 5) is 14.4. The molecule has 3 nitrogen and oxygen atoms in total. The number of methoxy groups -OCH3 is 1. The van der Waals surface area contributed by atoms with Crippen molar-refractivity contribution >= 4 is 5.78 Å². The Labute approximate surface area is 117 Å². The van der Waals surface area contributed by atoms with Gasteiger partial charge in [-0.25, -0.2) is 8.78 Å². The van der Waals surface area contributed by atoms with E-state index in [-0.39, 0.29) is 23.5 Å². The highest BCUT2D eigenvalue weighted by atomic mass is 19.2. The second kappa shape index (κ2) is 6.41. The minimum atomic E-state index is -0.985. The Bertz CT molecular complexity index is 485. The van der Waals surface area contributed by atoms with Gasteiger partial charge in [-0.05, 0) is 38.0 Å². The lowest BCUT2D eigenvalue weighted by atomic mass is 10.0. The maximum absolute atomic E-state index is 13.2. The van der Waals surface area contributed by atoms with Crippen LogP contribution >= 0.6 is 0 Å². The van der Waals surface area contributed by atoms with E-state index >= 15 is 0 Å². The Hall–Kier alpha value is -1.33. The molecule has 1 saturated heterocycles. The molecule has 0 amide bonds. The van der Waals surface area contributed by atoms with Crippen molar-refractivity contribution in [3.05, 3.63) is 35.4 Å². The summed E-state index contributed by atoms with van der Waals surface area (Å²) in [6.07, 6.45) is 2.01. The number of hydrogen-bond donors (Lipinski definition) is 0. The van der Waals surface area contributed by atoms with E-state index in [1.807, 2.05) is 0 Å². The molecule has 20 heavy (non-hydrogen) atoms. The summed E-state index contributed by atoms with van der Waals surface area (Å²) >= 11 is 0. The quantitative estimate of drug-likeness (QED) is 0.796. The lowest BCUT2D eigenvalue weighted by Crippen LogP contribution is -2.45. The van der Waals surface area contributed by atoms with E-state index in [0.717, 1.165) is 38.1 Å². The van der Waals surface area contributed by atoms with Crippen molar-refractivity contribution in [2.24, 2.45) is 0 Å². The minimum absolute atomic E-state index is 0.181. The number of carbonyl (C=O) groups is 1. The Morgan fingerprint density at radius 3 is 2.50 bits per heavy atom. The zero-order valence-corrected chi connectivity index (χ0v) is 11.7. The van der Waals surface area contributed by atoms with Gasteiger partial charge in [-0.2, -0.15) is 0 Å². The number of Topliss-reactive ketones (excluding diaryl/α,β-unsaturated/α-hetero) is 1. The highest BCUT2D eigenvalue weighted by Crippen LogP contribution is 2.18. The zero-order valence-electron chi connectivity index (χ0n) is 11.7. The monoisotopic (exact) mass is 283 g/mol. The molecule has 1 aliphatic heterocycles. The van der Waals surface area contributed by atoms with Crippen LogP contribution in [0.4, 0.5) is 8.78 Å². The minimum Gasteiger partial charge on any atom is -0.381 e. The summed E-state index contributed by atoms with van der Waals surface area (Å²) in [5, 5.41) is 0. The van der Waals surface area contributed by atoms with E-state index in [4.69, 9.17) is 4.74 Å². The van der Waals surface area contributed by atoms with Gasteiger partial charge in [0.15, 0.2) is 17.4 Å². The molecule has 1 heterocycles. The van der Waals surface area contributed by atoms with E-state index < -0.39 is 11.6 Å². The zero-order chi connectivity index (χ0) is 14.7. The van der Waals surface area contributed by atoms with Crippen LogP contribution < -0.4 is 0 Å². The predicted octanol–water partition coefficient (Wildman–Crippen LogP) is 2.65. The van der Waals surface area contributed by atoms with Crippen molar-refractivity contribution in [3.8, 4) is 0 Å². The highest BCUT2D eigenvalue weighted by molar-refractivity contribution is 5.99. The average molecular weight is 283 g/mol. The van der Waals surface area contributed by atoms with Gasteiger partial charge in [-0.3, -0.25) is 9.69 Å². The first kappa shape index (κ1) is 15.1. The van der Waals surface area contributed by atoms with Crippen LogP contribution in [-0.2, 0) is 4.74 Å². The van der Waals surface area contributed by atoms with Gasteiger partial charge in [0.1, 0.15) is 0 Å². The van der Waals surface area contributed by atoms with Crippen molar-refractivity contribution in [2.75, 3.05) is 20.2 Å². The molecule has 0 aromatic heterocycles. The molecule has 1 unspecified atom stereocenters. The number of rotatable bonds is 4. The number of carbonyl (C=O) groups excluding carboxylic acids is 1. The van der Waals surface area contributed by atoms with Crippen LogP contribution in [0.25, 0.3) is 0 Å². The SMILES string of the molecule is COC1CCN(C(C)C(=O)c2ccc(F)c(F)c2)CC1. The second-order valence-corrected chi connectivity index (χ2v) is 5.14. The fraction of sp³-hybridized carbons (Fsp3) is 0.533. The standard InChI is InChI=1S/C15H19F2NO2/c1-10(18-7-5-12(20-2)6-8-18)15(19)11-3-4-13(16)14(17)9-11/h3-4,9-10,12H,5-8H2,1-2H3. The van der Waals surface area contributed by atoms with Crippen molar-refractivity contribution in [1.82, 2.24) is 4.90 Å². The molecule has 0 radical (unpaired) electrons. The number of hydrogen-bond acceptors (Lipinski definition) is 3. The number of ether oxygens (including phenoxy) is 1. The second-order valence-electron chi connectivity index (χ2n) is 5.14. The normalized spacial score (nSPS) is 19.0. The third-order valence-electron chi connectivity index (χ3n) is 3.94. The van der Waals surface area contributed by atoms with E-state index in [1.54, 1.807) is 14.0 Å². The Morgan fingerprint density at radius 2 is 1.95 bits per heavy atom. The molecular weight excluding hydrogens is 264 g/mol. The van der Waals surface area contributed by atoms with Crippen molar-refractivity contribution < 1.29 is 18.3 Å². The summed E-state index contributed by atoms with van der Waals surface area (Å²) < 4.78 is 31.4. The molecule has 1 aliphatic rings. The Kier molecular flexibility index (Phi) is 4.83. The molecule has 2 rings (SSSR count). The van der Waals surface area contributed by atoms with Crippen molar-refractivity contribution in [3.63, 3.8) is 0 Å². The van der Waals surface area contributed by atoms with Gasteiger partial charge in [-0.1, -0.05) is 0 Å².